The van der Waals surface area contributed by atoms with Gasteiger partial charge >= 0.3 is 0 Å². The van der Waals surface area contributed by atoms with Crippen molar-refractivity contribution in [2.45, 2.75) is 84.7 Å². The summed E-state index contributed by atoms with van der Waals surface area (Å²) >= 11 is 0. The monoisotopic (exact) mass is 304 g/mol. The molecule has 3 saturated carbocycles. The highest BCUT2D eigenvalue weighted by atomic mass is 19.1. The van der Waals surface area contributed by atoms with Crippen LogP contribution in [-0.4, -0.2) is 6.17 Å². The summed E-state index contributed by atoms with van der Waals surface area (Å²) < 4.78 is 14.4. The van der Waals surface area contributed by atoms with Crippen molar-refractivity contribution in [3.8, 4) is 0 Å². The minimum Gasteiger partial charge on any atom is -0.247 e. The standard InChI is InChI=1S/C21H33F/c1-20(2)11-12-21(3)14(13-20)7-8-16-15-5-4-6-19(22)17(15)9-10-18(16)21/h7,15-19H,4-6,8-13H2,1-3H3. The average molecular weight is 304 g/mol. The smallest absolute Gasteiger partial charge is 0.103 e. The quantitative estimate of drug-likeness (QED) is 0.460. The Bertz CT molecular complexity index is 476. The summed E-state index contributed by atoms with van der Waals surface area (Å²) in [5.41, 5.74) is 2.69. The topological polar surface area (TPSA) is 0 Å². The lowest BCUT2D eigenvalue weighted by atomic mass is 9.47. The Labute approximate surface area is 135 Å². The zero-order valence-electron chi connectivity index (χ0n) is 14.7. The molecule has 0 aromatic heterocycles. The zero-order valence-corrected chi connectivity index (χ0v) is 14.7. The Morgan fingerprint density at radius 3 is 2.59 bits per heavy atom. The maximum Gasteiger partial charge on any atom is 0.103 e. The Morgan fingerprint density at radius 2 is 1.77 bits per heavy atom. The third-order valence-electron chi connectivity index (χ3n) is 8.09. The van der Waals surface area contributed by atoms with Gasteiger partial charge in [-0.2, -0.15) is 0 Å². The third-order valence-corrected chi connectivity index (χ3v) is 8.09. The van der Waals surface area contributed by atoms with Crippen LogP contribution in [0.2, 0.25) is 0 Å². The molecule has 0 N–H and O–H groups in total. The van der Waals surface area contributed by atoms with E-state index in [1.54, 1.807) is 5.57 Å². The van der Waals surface area contributed by atoms with Gasteiger partial charge in [0, 0.05) is 0 Å². The van der Waals surface area contributed by atoms with Gasteiger partial charge in [-0.25, -0.2) is 4.39 Å². The fraction of sp³-hybridized carbons (Fsp3) is 0.905. The third kappa shape index (κ3) is 2.21. The van der Waals surface area contributed by atoms with E-state index in [9.17, 15) is 4.39 Å². The number of fused-ring (bicyclic) bond motifs is 5. The number of rotatable bonds is 0. The number of allylic oxidation sites excluding steroid dienone is 2. The van der Waals surface area contributed by atoms with Crippen LogP contribution in [0.1, 0.15) is 78.6 Å². The van der Waals surface area contributed by atoms with Gasteiger partial charge in [0.15, 0.2) is 0 Å². The van der Waals surface area contributed by atoms with Gasteiger partial charge in [0.2, 0.25) is 0 Å². The molecule has 1 heteroatoms. The molecule has 0 aliphatic heterocycles. The molecule has 124 valence electrons. The Kier molecular flexibility index (Phi) is 3.51. The van der Waals surface area contributed by atoms with E-state index < -0.39 is 6.17 Å². The molecule has 3 fully saturated rings. The van der Waals surface area contributed by atoms with E-state index in [4.69, 9.17) is 0 Å². The van der Waals surface area contributed by atoms with Gasteiger partial charge in [0.1, 0.15) is 6.17 Å². The molecule has 0 aromatic rings. The minimum atomic E-state index is -0.497. The molecule has 0 spiro atoms. The first kappa shape index (κ1) is 15.2. The van der Waals surface area contributed by atoms with Gasteiger partial charge < -0.3 is 0 Å². The van der Waals surface area contributed by atoms with E-state index in [1.807, 2.05) is 0 Å². The van der Waals surface area contributed by atoms with Crippen LogP contribution in [0, 0.1) is 34.5 Å². The van der Waals surface area contributed by atoms with E-state index in [2.05, 4.69) is 26.8 Å². The highest BCUT2D eigenvalue weighted by Gasteiger charge is 2.53. The normalized spacial score (nSPS) is 50.4. The van der Waals surface area contributed by atoms with Crippen LogP contribution >= 0.6 is 0 Å². The highest BCUT2D eigenvalue weighted by Crippen LogP contribution is 2.62. The van der Waals surface area contributed by atoms with Crippen molar-refractivity contribution in [3.63, 3.8) is 0 Å². The highest BCUT2D eigenvalue weighted by molar-refractivity contribution is 5.25. The predicted molar refractivity (Wildman–Crippen MR) is 90.4 cm³/mol. The lowest BCUT2D eigenvalue weighted by Crippen LogP contribution is -2.50. The molecule has 6 atom stereocenters. The Hall–Kier alpha value is -0.330. The molecule has 4 rings (SSSR count). The molecule has 22 heavy (non-hydrogen) atoms. The summed E-state index contributed by atoms with van der Waals surface area (Å²) in [7, 11) is 0. The molecule has 6 unspecified atom stereocenters. The van der Waals surface area contributed by atoms with Crippen molar-refractivity contribution >= 4 is 0 Å². The largest absolute Gasteiger partial charge is 0.247 e. The summed E-state index contributed by atoms with van der Waals surface area (Å²) in [4.78, 5) is 0. The second-order valence-corrected chi connectivity index (χ2v) is 9.85. The van der Waals surface area contributed by atoms with E-state index in [1.165, 1.54) is 44.9 Å². The van der Waals surface area contributed by atoms with Gasteiger partial charge in [0.05, 0.1) is 0 Å². The second-order valence-electron chi connectivity index (χ2n) is 9.85. The van der Waals surface area contributed by atoms with Gasteiger partial charge in [-0.15, -0.1) is 0 Å². The molecule has 0 saturated heterocycles. The van der Waals surface area contributed by atoms with Crippen molar-refractivity contribution < 1.29 is 4.39 Å². The molecule has 0 heterocycles. The minimum absolute atomic E-state index is 0.397. The molecule has 4 aliphatic carbocycles. The lowest BCUT2D eigenvalue weighted by molar-refractivity contribution is -0.0501. The molecule has 0 radical (unpaired) electrons. The number of hydrogen-bond donors (Lipinski definition) is 0. The molecule has 0 nitrogen and oxygen atoms in total. The first-order chi connectivity index (χ1) is 10.4. The number of halogens is 1. The van der Waals surface area contributed by atoms with Crippen LogP contribution in [0.3, 0.4) is 0 Å². The van der Waals surface area contributed by atoms with Crippen LogP contribution < -0.4 is 0 Å². The molecule has 0 aromatic carbocycles. The average Bonchev–Trinajstić information content (AvgIpc) is 2.48. The summed E-state index contributed by atoms with van der Waals surface area (Å²) in [5.74, 6) is 2.71. The van der Waals surface area contributed by atoms with Crippen LogP contribution in [0.15, 0.2) is 11.6 Å². The SMILES string of the molecule is CC1(C)CCC2(C)C(=CCC3C4CCCC(F)C4CCC32)C1. The van der Waals surface area contributed by atoms with E-state index in [0.717, 1.165) is 24.7 Å². The van der Waals surface area contributed by atoms with Crippen LogP contribution in [-0.2, 0) is 0 Å². The van der Waals surface area contributed by atoms with Crippen LogP contribution in [0.4, 0.5) is 4.39 Å². The van der Waals surface area contributed by atoms with Crippen LogP contribution in [0.5, 0.6) is 0 Å². The summed E-state index contributed by atoms with van der Waals surface area (Å²) in [6, 6.07) is 0. The van der Waals surface area contributed by atoms with Crippen LogP contribution in [0.25, 0.3) is 0 Å². The molecule has 4 aliphatic rings. The summed E-state index contributed by atoms with van der Waals surface area (Å²) in [6.07, 6.45) is 13.1. The fourth-order valence-corrected chi connectivity index (χ4v) is 6.76. The van der Waals surface area contributed by atoms with Gasteiger partial charge in [-0.05, 0) is 85.9 Å². The van der Waals surface area contributed by atoms with Gasteiger partial charge in [-0.3, -0.25) is 0 Å². The fourth-order valence-electron chi connectivity index (χ4n) is 6.76. The number of hydrogen-bond acceptors (Lipinski definition) is 0. The predicted octanol–water partition coefficient (Wildman–Crippen LogP) is 6.31. The van der Waals surface area contributed by atoms with E-state index >= 15 is 0 Å². The summed E-state index contributed by atoms with van der Waals surface area (Å²) in [6.45, 7) is 7.43. The maximum atomic E-state index is 14.4. The van der Waals surface area contributed by atoms with Gasteiger partial charge in [0.25, 0.3) is 0 Å². The summed E-state index contributed by atoms with van der Waals surface area (Å²) in [5, 5.41) is 0. The van der Waals surface area contributed by atoms with Crippen molar-refractivity contribution in [2.75, 3.05) is 0 Å². The molecular formula is C21H33F. The Morgan fingerprint density at radius 1 is 0.955 bits per heavy atom. The first-order valence-corrected chi connectivity index (χ1v) is 9.74. The first-order valence-electron chi connectivity index (χ1n) is 9.74. The molecule has 0 bridgehead atoms. The van der Waals surface area contributed by atoms with Crippen molar-refractivity contribution in [1.29, 1.82) is 0 Å². The van der Waals surface area contributed by atoms with E-state index in [-0.39, 0.29) is 0 Å². The molecular weight excluding hydrogens is 271 g/mol. The van der Waals surface area contributed by atoms with Crippen molar-refractivity contribution in [3.05, 3.63) is 11.6 Å². The second kappa shape index (κ2) is 5.08. The maximum absolute atomic E-state index is 14.4. The Balaban J connectivity index is 1.64. The van der Waals surface area contributed by atoms with Gasteiger partial charge in [-0.1, -0.05) is 38.8 Å². The van der Waals surface area contributed by atoms with E-state index in [0.29, 0.717) is 22.7 Å². The van der Waals surface area contributed by atoms with Crippen molar-refractivity contribution in [2.24, 2.45) is 34.5 Å². The number of alkyl halides is 1. The zero-order chi connectivity index (χ0) is 15.5. The molecule has 0 amide bonds. The lowest BCUT2D eigenvalue weighted by Gasteiger charge is -2.58. The van der Waals surface area contributed by atoms with Crippen molar-refractivity contribution in [1.82, 2.24) is 0 Å².